The summed E-state index contributed by atoms with van der Waals surface area (Å²) >= 11 is 7.90. The van der Waals surface area contributed by atoms with E-state index >= 15 is 0 Å². The van der Waals surface area contributed by atoms with Crippen molar-refractivity contribution >= 4 is 48.9 Å². The Balaban J connectivity index is 5.33. The van der Waals surface area contributed by atoms with E-state index in [1.54, 1.807) is 0 Å². The van der Waals surface area contributed by atoms with Gasteiger partial charge in [-0.2, -0.15) is 25.3 Å². The van der Waals surface area contributed by atoms with Crippen LogP contribution in [0.5, 0.6) is 0 Å². The Morgan fingerprint density at radius 3 is 1.90 bits per heavy atom. The van der Waals surface area contributed by atoms with Crippen molar-refractivity contribution in [2.75, 3.05) is 11.5 Å². The lowest BCUT2D eigenvalue weighted by atomic mass is 10.0. The summed E-state index contributed by atoms with van der Waals surface area (Å²) < 4.78 is 0. The van der Waals surface area contributed by atoms with Gasteiger partial charge in [0.15, 0.2) is 0 Å². The van der Waals surface area contributed by atoms with Gasteiger partial charge in [0.05, 0.1) is 12.1 Å². The lowest BCUT2D eigenvalue weighted by Gasteiger charge is -2.27. The predicted molar refractivity (Wildman–Crippen MR) is 115 cm³/mol. The molecule has 0 aromatic carbocycles. The first-order chi connectivity index (χ1) is 13.4. The van der Waals surface area contributed by atoms with Gasteiger partial charge in [0.25, 0.3) is 0 Å². The molecule has 0 aliphatic carbocycles. The van der Waals surface area contributed by atoms with Gasteiger partial charge >= 0.3 is 5.97 Å². The molecule has 0 bridgehead atoms. The number of carbonyl (C=O) groups excluding carboxylic acids is 3. The van der Waals surface area contributed by atoms with Crippen LogP contribution in [0, 0.1) is 5.92 Å². The Kier molecular flexibility index (Phi) is 13.0. The molecule has 168 valence electrons. The number of nitrogens with two attached hydrogens (primary N) is 1. The highest BCUT2D eigenvalue weighted by Gasteiger charge is 2.32. The number of aliphatic carboxylic acids is 1. The number of thiol groups is 2. The number of nitrogens with one attached hydrogen (secondary N) is 3. The van der Waals surface area contributed by atoms with Crippen LogP contribution in [0.1, 0.15) is 33.6 Å². The monoisotopic (exact) mass is 452 g/mol. The molecule has 0 saturated carbocycles. The molecule has 5 atom stereocenters. The highest BCUT2D eigenvalue weighted by Crippen LogP contribution is 2.07. The van der Waals surface area contributed by atoms with E-state index in [0.29, 0.717) is 0 Å². The summed E-state index contributed by atoms with van der Waals surface area (Å²) in [6, 6.07) is -4.52. The van der Waals surface area contributed by atoms with Gasteiger partial charge in [0.1, 0.15) is 18.1 Å². The molecule has 0 radical (unpaired) electrons. The molecular weight excluding hydrogens is 420 g/mol. The van der Waals surface area contributed by atoms with E-state index in [-0.39, 0.29) is 30.3 Å². The van der Waals surface area contributed by atoms with Gasteiger partial charge in [-0.15, -0.1) is 0 Å². The summed E-state index contributed by atoms with van der Waals surface area (Å²) in [7, 11) is 0. The molecule has 0 saturated heterocycles. The Morgan fingerprint density at radius 2 is 1.48 bits per heavy atom. The number of hydrogen-bond donors (Lipinski definition) is 8. The van der Waals surface area contributed by atoms with E-state index in [1.807, 2.05) is 13.8 Å². The fourth-order valence-electron chi connectivity index (χ4n) is 2.37. The van der Waals surface area contributed by atoms with E-state index in [9.17, 15) is 24.3 Å². The Hall–Kier alpha value is -1.50. The Labute approximate surface area is 181 Å². The number of rotatable bonds is 13. The lowest BCUT2D eigenvalue weighted by molar-refractivity contribution is -0.143. The number of carbonyl (C=O) groups is 4. The molecule has 0 spiro atoms. The highest BCUT2D eigenvalue weighted by molar-refractivity contribution is 7.80. The van der Waals surface area contributed by atoms with Crippen molar-refractivity contribution in [2.45, 2.75) is 63.9 Å². The maximum Gasteiger partial charge on any atom is 0.326 e. The maximum atomic E-state index is 12.7. The van der Waals surface area contributed by atoms with Gasteiger partial charge in [-0.25, -0.2) is 4.79 Å². The first kappa shape index (κ1) is 27.5. The normalized spacial score (nSPS) is 16.3. The van der Waals surface area contributed by atoms with E-state index in [0.717, 1.165) is 0 Å². The van der Waals surface area contributed by atoms with Gasteiger partial charge in [-0.05, 0) is 31.4 Å². The minimum atomic E-state index is -1.41. The maximum absolute atomic E-state index is 12.7. The van der Waals surface area contributed by atoms with Gasteiger partial charge in [0, 0.05) is 5.75 Å². The van der Waals surface area contributed by atoms with Crippen LogP contribution < -0.4 is 21.7 Å². The highest BCUT2D eigenvalue weighted by atomic mass is 32.1. The quantitative estimate of drug-likeness (QED) is 0.158. The number of carboxylic acid groups (broad SMARTS) is 1. The van der Waals surface area contributed by atoms with Crippen LogP contribution >= 0.6 is 25.3 Å². The van der Waals surface area contributed by atoms with Crippen molar-refractivity contribution in [3.05, 3.63) is 0 Å². The Bertz CT molecular complexity index is 576. The molecule has 0 aliphatic rings. The zero-order chi connectivity index (χ0) is 22.7. The number of hydrogen-bond acceptors (Lipinski definition) is 8. The minimum absolute atomic E-state index is 0.0314. The fraction of sp³-hybridized carbons (Fsp3) is 0.765. The molecule has 0 fully saturated rings. The molecule has 0 aromatic heterocycles. The zero-order valence-corrected chi connectivity index (χ0v) is 18.6. The molecule has 3 amide bonds. The second-order valence-corrected chi connectivity index (χ2v) is 7.93. The molecule has 0 unspecified atom stereocenters. The van der Waals surface area contributed by atoms with Crippen LogP contribution in [0.2, 0.25) is 0 Å². The molecule has 0 heterocycles. The molecular formula is C17H32N4O6S2. The summed E-state index contributed by atoms with van der Waals surface area (Å²) in [4.78, 5) is 48.4. The van der Waals surface area contributed by atoms with Crippen molar-refractivity contribution in [1.29, 1.82) is 0 Å². The second-order valence-electron chi connectivity index (χ2n) is 7.12. The van der Waals surface area contributed by atoms with Gasteiger partial charge in [-0.3, -0.25) is 14.4 Å². The van der Waals surface area contributed by atoms with Crippen molar-refractivity contribution in [1.82, 2.24) is 16.0 Å². The van der Waals surface area contributed by atoms with Gasteiger partial charge in [0.2, 0.25) is 17.7 Å². The summed E-state index contributed by atoms with van der Waals surface area (Å²) in [5.41, 5.74) is 5.62. The van der Waals surface area contributed by atoms with Crippen molar-refractivity contribution in [3.8, 4) is 0 Å². The standard InChI is InChI=1S/C17H32N4O6S2/c1-8(2)6-12(20-14(23)10(18)7-29)15(24)21-13(9(3)22)16(25)19-11(4-5-28)17(26)27/h8-13,22,28-29H,4-7,18H2,1-3H3,(H,19,25)(H,20,23)(H,21,24)(H,26,27)/t9-,10-,11-,12+,13+/m1/s1. The second kappa shape index (κ2) is 13.7. The molecule has 7 N–H and O–H groups in total. The van der Waals surface area contributed by atoms with Gasteiger partial charge < -0.3 is 31.9 Å². The minimum Gasteiger partial charge on any atom is -0.480 e. The third-order valence-corrected chi connectivity index (χ3v) is 4.62. The average Bonchev–Trinajstić information content (AvgIpc) is 2.63. The zero-order valence-electron chi connectivity index (χ0n) is 16.8. The van der Waals surface area contributed by atoms with E-state index in [4.69, 9.17) is 10.8 Å². The fourth-order valence-corrected chi connectivity index (χ4v) is 2.80. The molecule has 0 aromatic rings. The van der Waals surface area contributed by atoms with Crippen LogP contribution in [0.4, 0.5) is 0 Å². The molecule has 29 heavy (non-hydrogen) atoms. The van der Waals surface area contributed by atoms with Crippen LogP contribution in [-0.2, 0) is 19.2 Å². The van der Waals surface area contributed by atoms with Crippen molar-refractivity contribution < 1.29 is 29.4 Å². The van der Waals surface area contributed by atoms with E-state index in [1.165, 1.54) is 6.92 Å². The SMILES string of the molecule is CC(C)C[C@H](NC(=O)[C@H](N)CS)C(=O)N[C@H](C(=O)N[C@H](CCS)C(=O)O)[C@@H](C)O. The van der Waals surface area contributed by atoms with Crippen LogP contribution in [0.15, 0.2) is 0 Å². The summed E-state index contributed by atoms with van der Waals surface area (Å²) in [5, 5.41) is 26.3. The largest absolute Gasteiger partial charge is 0.480 e. The summed E-state index contributed by atoms with van der Waals surface area (Å²) in [6.07, 6.45) is -0.972. The topological polar surface area (TPSA) is 171 Å². The smallest absolute Gasteiger partial charge is 0.326 e. The molecule has 10 nitrogen and oxygen atoms in total. The number of amides is 3. The average molecular weight is 453 g/mol. The third kappa shape index (κ3) is 10.2. The number of aliphatic hydroxyl groups is 1. The van der Waals surface area contributed by atoms with Crippen molar-refractivity contribution in [2.24, 2.45) is 11.7 Å². The first-order valence-corrected chi connectivity index (χ1v) is 10.5. The van der Waals surface area contributed by atoms with E-state index < -0.39 is 54.0 Å². The predicted octanol–water partition coefficient (Wildman–Crippen LogP) is -1.47. The molecule has 12 heteroatoms. The Morgan fingerprint density at radius 1 is 0.931 bits per heavy atom. The van der Waals surface area contributed by atoms with Crippen LogP contribution in [0.3, 0.4) is 0 Å². The van der Waals surface area contributed by atoms with Gasteiger partial charge in [-0.1, -0.05) is 13.8 Å². The van der Waals surface area contributed by atoms with Crippen LogP contribution in [0.25, 0.3) is 0 Å². The molecule has 0 rings (SSSR count). The third-order valence-electron chi connectivity index (χ3n) is 3.97. The van der Waals surface area contributed by atoms with E-state index in [2.05, 4.69) is 41.2 Å². The summed E-state index contributed by atoms with van der Waals surface area (Å²) in [5.74, 6) is -3.04. The number of aliphatic hydroxyl groups excluding tert-OH is 1. The number of carboxylic acids is 1. The first-order valence-electron chi connectivity index (χ1n) is 9.23. The summed E-state index contributed by atoms with van der Waals surface area (Å²) in [6.45, 7) is 4.98. The molecule has 0 aliphatic heterocycles. The van der Waals surface area contributed by atoms with Crippen LogP contribution in [-0.4, -0.2) is 75.7 Å². The lowest BCUT2D eigenvalue weighted by Crippen LogP contribution is -2.60. The van der Waals surface area contributed by atoms with Crippen molar-refractivity contribution in [3.63, 3.8) is 0 Å².